The van der Waals surface area contributed by atoms with Gasteiger partial charge in [0.2, 0.25) is 5.89 Å². The molecule has 0 aliphatic heterocycles. The van der Waals surface area contributed by atoms with Crippen LogP contribution in [0.2, 0.25) is 0 Å². The van der Waals surface area contributed by atoms with Gasteiger partial charge in [0.1, 0.15) is 11.2 Å². The molecule has 1 aliphatic carbocycles. The van der Waals surface area contributed by atoms with E-state index in [4.69, 9.17) is 8.94 Å². The molecule has 1 N–H and O–H groups in total. The van der Waals surface area contributed by atoms with Gasteiger partial charge in [0.15, 0.2) is 5.58 Å². The fourth-order valence-electron chi connectivity index (χ4n) is 3.78. The van der Waals surface area contributed by atoms with E-state index in [1.54, 1.807) is 0 Å². The Kier molecular flexibility index (Phi) is 4.06. The van der Waals surface area contributed by atoms with Gasteiger partial charge in [0, 0.05) is 17.2 Å². The molecule has 1 saturated carbocycles. The third-order valence-electron chi connectivity index (χ3n) is 5.49. The van der Waals surface area contributed by atoms with Crippen LogP contribution >= 0.6 is 0 Å². The number of amides is 1. The summed E-state index contributed by atoms with van der Waals surface area (Å²) >= 11 is 0. The van der Waals surface area contributed by atoms with Crippen LogP contribution in [-0.2, 0) is 6.54 Å². The Hall–Kier alpha value is -4.00. The van der Waals surface area contributed by atoms with Gasteiger partial charge in [-0.3, -0.25) is 4.79 Å². The molecule has 0 bridgehead atoms. The number of hydrogen-bond acceptors (Lipinski definition) is 6. The summed E-state index contributed by atoms with van der Waals surface area (Å²) in [6, 6.07) is 19.0. The van der Waals surface area contributed by atoms with Crippen molar-refractivity contribution in [3.63, 3.8) is 0 Å². The molecule has 31 heavy (non-hydrogen) atoms. The highest BCUT2D eigenvalue weighted by atomic mass is 16.5. The van der Waals surface area contributed by atoms with E-state index in [0.717, 1.165) is 29.6 Å². The SMILES string of the molecule is O=C(NCc1nc2ccccc2o1)c1cc(C2CC2)nc2onc(-c3ccccc3)c12. The van der Waals surface area contributed by atoms with Crippen LogP contribution in [0.3, 0.4) is 0 Å². The fourth-order valence-corrected chi connectivity index (χ4v) is 3.78. The summed E-state index contributed by atoms with van der Waals surface area (Å²) < 4.78 is 11.3. The summed E-state index contributed by atoms with van der Waals surface area (Å²) in [5.74, 6) is 0.589. The van der Waals surface area contributed by atoms with Gasteiger partial charge < -0.3 is 14.3 Å². The van der Waals surface area contributed by atoms with E-state index in [2.05, 4.69) is 20.4 Å². The minimum absolute atomic E-state index is 0.183. The van der Waals surface area contributed by atoms with Crippen molar-refractivity contribution in [3.8, 4) is 11.3 Å². The van der Waals surface area contributed by atoms with Crippen LogP contribution in [0.4, 0.5) is 0 Å². The molecule has 1 aliphatic rings. The number of carbonyl (C=O) groups excluding carboxylic acids is 1. The molecular weight excluding hydrogens is 392 g/mol. The number of aromatic nitrogens is 3. The van der Waals surface area contributed by atoms with Gasteiger partial charge in [-0.1, -0.05) is 47.6 Å². The molecule has 0 unspecified atom stereocenters. The van der Waals surface area contributed by atoms with Crippen molar-refractivity contribution in [2.75, 3.05) is 0 Å². The van der Waals surface area contributed by atoms with Crippen molar-refractivity contribution in [2.24, 2.45) is 0 Å². The van der Waals surface area contributed by atoms with Crippen LogP contribution in [0.15, 0.2) is 69.6 Å². The van der Waals surface area contributed by atoms with Crippen LogP contribution in [0.25, 0.3) is 33.5 Å². The number of fused-ring (bicyclic) bond motifs is 2. The third kappa shape index (κ3) is 3.24. The number of nitrogens with zero attached hydrogens (tertiary/aromatic N) is 3. The van der Waals surface area contributed by atoms with Crippen molar-refractivity contribution in [2.45, 2.75) is 25.3 Å². The van der Waals surface area contributed by atoms with E-state index in [1.807, 2.05) is 60.7 Å². The second kappa shape index (κ2) is 7.05. The first-order chi connectivity index (χ1) is 15.3. The highest BCUT2D eigenvalue weighted by Crippen LogP contribution is 2.41. The van der Waals surface area contributed by atoms with Gasteiger partial charge in [-0.05, 0) is 31.0 Å². The van der Waals surface area contributed by atoms with Crippen LogP contribution < -0.4 is 5.32 Å². The highest BCUT2D eigenvalue weighted by molar-refractivity contribution is 6.09. The summed E-state index contributed by atoms with van der Waals surface area (Å²) in [7, 11) is 0. The lowest BCUT2D eigenvalue weighted by Crippen LogP contribution is -2.23. The van der Waals surface area contributed by atoms with E-state index < -0.39 is 0 Å². The molecule has 0 saturated heterocycles. The van der Waals surface area contributed by atoms with Gasteiger partial charge in [-0.2, -0.15) is 0 Å². The number of carbonyl (C=O) groups is 1. The topological polar surface area (TPSA) is 94.1 Å². The number of benzene rings is 2. The molecule has 152 valence electrons. The van der Waals surface area contributed by atoms with Crippen molar-refractivity contribution in [3.05, 3.63) is 77.8 Å². The first-order valence-corrected chi connectivity index (χ1v) is 10.2. The molecule has 3 aromatic heterocycles. The van der Waals surface area contributed by atoms with Crippen LogP contribution in [0, 0.1) is 0 Å². The van der Waals surface area contributed by atoms with E-state index in [-0.39, 0.29) is 12.5 Å². The number of para-hydroxylation sites is 2. The van der Waals surface area contributed by atoms with Gasteiger partial charge in [0.05, 0.1) is 17.5 Å². The molecule has 0 spiro atoms. The normalized spacial score (nSPS) is 13.7. The Morgan fingerprint density at radius 2 is 1.84 bits per heavy atom. The molecule has 6 rings (SSSR count). The lowest BCUT2D eigenvalue weighted by Gasteiger charge is -2.07. The average Bonchev–Trinajstić information content (AvgIpc) is 3.44. The Balaban J connectivity index is 1.38. The second-order valence-corrected chi connectivity index (χ2v) is 7.70. The van der Waals surface area contributed by atoms with Crippen molar-refractivity contribution in [1.29, 1.82) is 0 Å². The lowest BCUT2D eigenvalue weighted by molar-refractivity contribution is 0.0949. The Morgan fingerprint density at radius 1 is 1.03 bits per heavy atom. The van der Waals surface area contributed by atoms with Crippen molar-refractivity contribution >= 4 is 28.1 Å². The van der Waals surface area contributed by atoms with Crippen molar-refractivity contribution < 1.29 is 13.7 Å². The number of oxazole rings is 1. The van der Waals surface area contributed by atoms with E-state index in [1.165, 1.54) is 0 Å². The molecule has 7 heteroatoms. The fraction of sp³-hybridized carbons (Fsp3) is 0.167. The smallest absolute Gasteiger partial charge is 0.259 e. The predicted molar refractivity (Wildman–Crippen MR) is 114 cm³/mol. The molecular formula is C24H18N4O3. The summed E-state index contributed by atoms with van der Waals surface area (Å²) in [5.41, 5.74) is 4.69. The zero-order valence-corrected chi connectivity index (χ0v) is 16.5. The predicted octanol–water partition coefficient (Wildman–Crippen LogP) is 4.84. The van der Waals surface area contributed by atoms with Gasteiger partial charge >= 0.3 is 0 Å². The maximum absolute atomic E-state index is 13.2. The molecule has 7 nitrogen and oxygen atoms in total. The van der Waals surface area contributed by atoms with Crippen LogP contribution in [0.1, 0.15) is 40.7 Å². The Morgan fingerprint density at radius 3 is 2.65 bits per heavy atom. The molecule has 2 aromatic carbocycles. The molecule has 0 radical (unpaired) electrons. The lowest BCUT2D eigenvalue weighted by atomic mass is 10.0. The third-order valence-corrected chi connectivity index (χ3v) is 5.49. The maximum atomic E-state index is 13.2. The first kappa shape index (κ1) is 17.8. The monoisotopic (exact) mass is 410 g/mol. The standard InChI is InChI=1S/C24H18N4O3/c29-23(25-13-20-26-17-8-4-5-9-19(17)30-20)16-12-18(14-10-11-14)27-24-21(16)22(28-31-24)15-6-2-1-3-7-15/h1-9,12,14H,10-11,13H2,(H,25,29). The highest BCUT2D eigenvalue weighted by Gasteiger charge is 2.29. The zero-order valence-electron chi connectivity index (χ0n) is 16.5. The molecule has 3 heterocycles. The Labute approximate surface area is 177 Å². The van der Waals surface area contributed by atoms with Gasteiger partial charge in [-0.25, -0.2) is 9.97 Å². The first-order valence-electron chi connectivity index (χ1n) is 10.2. The maximum Gasteiger partial charge on any atom is 0.259 e. The largest absolute Gasteiger partial charge is 0.439 e. The van der Waals surface area contributed by atoms with Crippen LogP contribution in [0.5, 0.6) is 0 Å². The summed E-state index contributed by atoms with van der Waals surface area (Å²) in [5, 5.41) is 7.78. The van der Waals surface area contributed by atoms with Gasteiger partial charge in [0.25, 0.3) is 11.6 Å². The zero-order chi connectivity index (χ0) is 20.8. The van der Waals surface area contributed by atoms with E-state index in [9.17, 15) is 4.79 Å². The molecule has 1 fully saturated rings. The summed E-state index contributed by atoms with van der Waals surface area (Å²) in [6.45, 7) is 0.183. The number of pyridine rings is 1. The van der Waals surface area contributed by atoms with E-state index >= 15 is 0 Å². The van der Waals surface area contributed by atoms with Gasteiger partial charge in [-0.15, -0.1) is 0 Å². The minimum Gasteiger partial charge on any atom is -0.439 e. The average molecular weight is 410 g/mol. The summed E-state index contributed by atoms with van der Waals surface area (Å²) in [6.07, 6.45) is 2.14. The molecule has 5 aromatic rings. The van der Waals surface area contributed by atoms with Crippen molar-refractivity contribution in [1.82, 2.24) is 20.4 Å². The van der Waals surface area contributed by atoms with Crippen LogP contribution in [-0.4, -0.2) is 21.0 Å². The van der Waals surface area contributed by atoms with E-state index in [0.29, 0.717) is 39.7 Å². The second-order valence-electron chi connectivity index (χ2n) is 7.70. The Bertz CT molecular complexity index is 1380. The minimum atomic E-state index is -0.239. The molecule has 0 atom stereocenters. The number of hydrogen-bond donors (Lipinski definition) is 1. The number of nitrogens with one attached hydrogen (secondary N) is 1. The quantitative estimate of drug-likeness (QED) is 0.446. The molecule has 1 amide bonds. The number of rotatable bonds is 5. The summed E-state index contributed by atoms with van der Waals surface area (Å²) in [4.78, 5) is 22.3.